The van der Waals surface area contributed by atoms with Gasteiger partial charge in [-0.05, 0) is 6.42 Å². The summed E-state index contributed by atoms with van der Waals surface area (Å²) in [7, 11) is 1.27. The van der Waals surface area contributed by atoms with Gasteiger partial charge in [0.25, 0.3) is 0 Å². The number of nitrogens with two attached hydrogens (primary N) is 1. The molecule has 4 N–H and O–H groups in total. The first-order chi connectivity index (χ1) is 8.38. The number of phenols is 1. The van der Waals surface area contributed by atoms with Gasteiger partial charge < -0.3 is 20.7 Å². The Morgan fingerprint density at radius 1 is 1.67 bits per heavy atom. The first kappa shape index (κ1) is 14.5. The van der Waals surface area contributed by atoms with Crippen molar-refractivity contribution < 1.29 is 24.1 Å². The second-order valence-corrected chi connectivity index (χ2v) is 4.06. The molecular weight excluding hydrogens is 265 g/mol. The van der Waals surface area contributed by atoms with Crippen molar-refractivity contribution in [2.24, 2.45) is 5.73 Å². The SMILES string of the molecule is COc1c(O)cc(F)c(Cl)c1C(N)CCC(=O)O. The fraction of sp³-hybridized carbons (Fsp3) is 0.364. The number of benzene rings is 1. The zero-order valence-corrected chi connectivity index (χ0v) is 10.4. The van der Waals surface area contributed by atoms with E-state index in [-0.39, 0.29) is 29.2 Å². The van der Waals surface area contributed by atoms with Gasteiger partial charge in [0, 0.05) is 24.1 Å². The zero-order valence-electron chi connectivity index (χ0n) is 9.61. The van der Waals surface area contributed by atoms with E-state index in [1.54, 1.807) is 0 Å². The number of aliphatic carboxylic acids is 1. The van der Waals surface area contributed by atoms with Crippen LogP contribution >= 0.6 is 11.6 Å². The third kappa shape index (κ3) is 3.02. The number of carboxylic acids is 1. The van der Waals surface area contributed by atoms with Crippen molar-refractivity contribution in [3.63, 3.8) is 0 Å². The minimum atomic E-state index is -1.03. The number of halogens is 2. The van der Waals surface area contributed by atoms with Crippen LogP contribution in [0.1, 0.15) is 24.4 Å². The maximum Gasteiger partial charge on any atom is 0.303 e. The third-order valence-corrected chi connectivity index (χ3v) is 2.82. The van der Waals surface area contributed by atoms with E-state index in [1.165, 1.54) is 7.11 Å². The number of phenolic OH excluding ortho intramolecular Hbond substituents is 1. The summed E-state index contributed by atoms with van der Waals surface area (Å²) in [5, 5.41) is 17.8. The highest BCUT2D eigenvalue weighted by Gasteiger charge is 2.23. The highest BCUT2D eigenvalue weighted by molar-refractivity contribution is 6.31. The first-order valence-electron chi connectivity index (χ1n) is 5.10. The van der Waals surface area contributed by atoms with E-state index in [4.69, 9.17) is 27.2 Å². The van der Waals surface area contributed by atoms with Crippen molar-refractivity contribution in [2.45, 2.75) is 18.9 Å². The minimum Gasteiger partial charge on any atom is -0.504 e. The molecule has 0 bridgehead atoms. The van der Waals surface area contributed by atoms with Gasteiger partial charge in [0.05, 0.1) is 12.1 Å². The normalized spacial score (nSPS) is 12.2. The van der Waals surface area contributed by atoms with Gasteiger partial charge in [0.2, 0.25) is 0 Å². The molecule has 0 heterocycles. The summed E-state index contributed by atoms with van der Waals surface area (Å²) in [5.41, 5.74) is 5.82. The Labute approximate surface area is 108 Å². The lowest BCUT2D eigenvalue weighted by Gasteiger charge is -2.18. The molecule has 0 aromatic heterocycles. The first-order valence-corrected chi connectivity index (χ1v) is 5.48. The molecule has 0 aliphatic rings. The molecule has 0 aliphatic carbocycles. The zero-order chi connectivity index (χ0) is 13.9. The Bertz CT molecular complexity index is 467. The summed E-state index contributed by atoms with van der Waals surface area (Å²) < 4.78 is 18.3. The van der Waals surface area contributed by atoms with E-state index in [1.807, 2.05) is 0 Å². The second-order valence-electron chi connectivity index (χ2n) is 3.68. The molecule has 1 aromatic carbocycles. The van der Waals surface area contributed by atoms with Crippen LogP contribution in [-0.2, 0) is 4.79 Å². The van der Waals surface area contributed by atoms with Crippen LogP contribution in [0.4, 0.5) is 4.39 Å². The Kier molecular flexibility index (Phi) is 4.75. The van der Waals surface area contributed by atoms with Gasteiger partial charge in [-0.15, -0.1) is 0 Å². The number of rotatable bonds is 5. The Morgan fingerprint density at radius 3 is 2.78 bits per heavy atom. The topological polar surface area (TPSA) is 92.8 Å². The average Bonchev–Trinajstić information content (AvgIpc) is 2.30. The smallest absolute Gasteiger partial charge is 0.303 e. The van der Waals surface area contributed by atoms with E-state index in [0.29, 0.717) is 0 Å². The van der Waals surface area contributed by atoms with E-state index >= 15 is 0 Å². The number of methoxy groups -OCH3 is 1. The summed E-state index contributed by atoms with van der Waals surface area (Å²) in [6.45, 7) is 0. The summed E-state index contributed by atoms with van der Waals surface area (Å²) in [6.07, 6.45) is -0.147. The molecule has 5 nitrogen and oxygen atoms in total. The van der Waals surface area contributed by atoms with Crippen molar-refractivity contribution >= 4 is 17.6 Å². The minimum absolute atomic E-state index is 0.0423. The second kappa shape index (κ2) is 5.88. The van der Waals surface area contributed by atoms with E-state index in [0.717, 1.165) is 6.07 Å². The third-order valence-electron chi connectivity index (χ3n) is 2.43. The molecule has 0 amide bonds. The number of ether oxygens (including phenoxy) is 1. The van der Waals surface area contributed by atoms with Crippen LogP contribution in [0, 0.1) is 5.82 Å². The molecule has 1 atom stereocenters. The van der Waals surface area contributed by atoms with Gasteiger partial charge in [-0.3, -0.25) is 4.79 Å². The van der Waals surface area contributed by atoms with Gasteiger partial charge in [0.15, 0.2) is 11.5 Å². The maximum atomic E-state index is 13.4. The average molecular weight is 278 g/mol. The van der Waals surface area contributed by atoms with E-state index in [2.05, 4.69) is 0 Å². The van der Waals surface area contributed by atoms with Crippen molar-refractivity contribution in [3.05, 3.63) is 22.5 Å². The molecule has 100 valence electrons. The molecule has 0 saturated heterocycles. The standard InChI is InChI=1S/C11H13ClFNO4/c1-18-11-7(15)4-5(13)10(12)9(11)6(14)2-3-8(16)17/h4,6,15H,2-3,14H2,1H3,(H,16,17). The number of aromatic hydroxyl groups is 1. The summed E-state index contributed by atoms with van der Waals surface area (Å²) >= 11 is 5.77. The molecule has 0 fully saturated rings. The number of carbonyl (C=O) groups is 1. The highest BCUT2D eigenvalue weighted by atomic mass is 35.5. The molecule has 0 radical (unpaired) electrons. The van der Waals surface area contributed by atoms with Crippen LogP contribution in [0.2, 0.25) is 5.02 Å². The Hall–Kier alpha value is -1.53. The molecule has 18 heavy (non-hydrogen) atoms. The van der Waals surface area contributed by atoms with Gasteiger partial charge in [0.1, 0.15) is 5.82 Å². The lowest BCUT2D eigenvalue weighted by molar-refractivity contribution is -0.137. The summed E-state index contributed by atoms with van der Waals surface area (Å²) in [5.74, 6) is -2.34. The monoisotopic (exact) mass is 277 g/mol. The molecule has 0 saturated carbocycles. The Morgan fingerprint density at radius 2 is 2.28 bits per heavy atom. The van der Waals surface area contributed by atoms with Crippen LogP contribution in [0.3, 0.4) is 0 Å². The number of carboxylic acid groups (broad SMARTS) is 1. The van der Waals surface area contributed by atoms with E-state index < -0.39 is 23.6 Å². The van der Waals surface area contributed by atoms with Gasteiger partial charge in [-0.1, -0.05) is 11.6 Å². The summed E-state index contributed by atoms with van der Waals surface area (Å²) in [6, 6.07) is -0.0284. The summed E-state index contributed by atoms with van der Waals surface area (Å²) in [4.78, 5) is 10.5. The molecule has 7 heteroatoms. The molecule has 1 aromatic rings. The van der Waals surface area contributed by atoms with Gasteiger partial charge >= 0.3 is 5.97 Å². The quantitative estimate of drug-likeness (QED) is 0.766. The predicted molar refractivity (Wildman–Crippen MR) is 63.4 cm³/mol. The lowest BCUT2D eigenvalue weighted by atomic mass is 10.0. The maximum absolute atomic E-state index is 13.4. The predicted octanol–water partition coefficient (Wildman–Crippen LogP) is 2.06. The van der Waals surface area contributed by atoms with E-state index in [9.17, 15) is 14.3 Å². The molecular formula is C11H13ClFNO4. The fourth-order valence-corrected chi connectivity index (χ4v) is 1.86. The van der Waals surface area contributed by atoms with Crippen LogP contribution in [0.15, 0.2) is 6.07 Å². The largest absolute Gasteiger partial charge is 0.504 e. The molecule has 1 unspecified atom stereocenters. The van der Waals surface area contributed by atoms with Gasteiger partial charge in [-0.2, -0.15) is 0 Å². The van der Waals surface area contributed by atoms with Crippen LogP contribution in [0.25, 0.3) is 0 Å². The molecule has 1 rings (SSSR count). The Balaban J connectivity index is 3.16. The van der Waals surface area contributed by atoms with Crippen molar-refractivity contribution in [1.29, 1.82) is 0 Å². The van der Waals surface area contributed by atoms with Gasteiger partial charge in [-0.25, -0.2) is 4.39 Å². The van der Waals surface area contributed by atoms with Crippen LogP contribution in [0.5, 0.6) is 11.5 Å². The highest BCUT2D eigenvalue weighted by Crippen LogP contribution is 2.41. The number of hydrogen-bond acceptors (Lipinski definition) is 4. The van der Waals surface area contributed by atoms with Crippen molar-refractivity contribution in [1.82, 2.24) is 0 Å². The molecule has 0 aliphatic heterocycles. The fourth-order valence-electron chi connectivity index (χ4n) is 1.58. The van der Waals surface area contributed by atoms with Crippen molar-refractivity contribution in [2.75, 3.05) is 7.11 Å². The molecule has 0 spiro atoms. The van der Waals surface area contributed by atoms with Crippen LogP contribution < -0.4 is 10.5 Å². The number of hydrogen-bond donors (Lipinski definition) is 3. The van der Waals surface area contributed by atoms with Crippen molar-refractivity contribution in [3.8, 4) is 11.5 Å². The van der Waals surface area contributed by atoms with Crippen LogP contribution in [-0.4, -0.2) is 23.3 Å². The lowest BCUT2D eigenvalue weighted by Crippen LogP contribution is -2.14.